The average molecular weight is 542 g/mol. The maximum absolute atomic E-state index is 11.9. The lowest BCUT2D eigenvalue weighted by molar-refractivity contribution is 0.481. The van der Waals surface area contributed by atoms with E-state index in [2.05, 4.69) is 0 Å². The molecule has 0 unspecified atom stereocenters. The van der Waals surface area contributed by atoms with E-state index >= 15 is 0 Å². The average Bonchev–Trinajstić information content (AvgIpc) is 2.70. The Labute approximate surface area is 201 Å². The van der Waals surface area contributed by atoms with Crippen molar-refractivity contribution in [2.24, 2.45) is 0 Å². The summed E-state index contributed by atoms with van der Waals surface area (Å²) in [5.74, 6) is 0. The minimum atomic E-state index is -4.85. The molecule has 186 valence electrons. The molecule has 15 heteroatoms. The van der Waals surface area contributed by atoms with Crippen LogP contribution in [0.1, 0.15) is 16.7 Å². The van der Waals surface area contributed by atoms with E-state index in [0.717, 1.165) is 30.4 Å². The van der Waals surface area contributed by atoms with Crippen LogP contribution in [0.2, 0.25) is 0 Å². The van der Waals surface area contributed by atoms with Crippen LogP contribution in [0.25, 0.3) is 5.57 Å². The van der Waals surface area contributed by atoms with E-state index < -0.39 is 50.8 Å². The van der Waals surface area contributed by atoms with E-state index in [1.54, 1.807) is 0 Å². The number of hydrogen-bond donors (Lipinski definition) is 6. The largest absolute Gasteiger partial charge is 0.398 e. The molecule has 8 N–H and O–H groups in total. The van der Waals surface area contributed by atoms with Crippen LogP contribution in [0.4, 0.5) is 11.4 Å². The highest BCUT2D eigenvalue weighted by Gasteiger charge is 2.25. The van der Waals surface area contributed by atoms with Crippen LogP contribution in [0.5, 0.6) is 0 Å². The molecule has 0 fully saturated rings. The molecule has 0 aliphatic heterocycles. The number of aryl methyl sites for hydroxylation is 1. The Hall–Kier alpha value is -3.34. The number of hydrogen-bond acceptors (Lipinski definition) is 9. The van der Waals surface area contributed by atoms with Crippen LogP contribution in [0.15, 0.2) is 68.8 Å². The quantitative estimate of drug-likeness (QED) is 0.235. The highest BCUT2D eigenvalue weighted by atomic mass is 32.2. The van der Waals surface area contributed by atoms with Gasteiger partial charge in [-0.2, -0.15) is 25.3 Å². The maximum Gasteiger partial charge on any atom is 0.296 e. The molecule has 0 radical (unpaired) electrons. The van der Waals surface area contributed by atoms with Gasteiger partial charge >= 0.3 is 0 Å². The molecule has 2 aromatic rings. The van der Waals surface area contributed by atoms with Gasteiger partial charge in [0.15, 0.2) is 0 Å². The molecule has 0 heterocycles. The van der Waals surface area contributed by atoms with Gasteiger partial charge in [-0.05, 0) is 71.2 Å². The minimum Gasteiger partial charge on any atom is -0.398 e. The van der Waals surface area contributed by atoms with Crippen molar-refractivity contribution < 1.29 is 38.9 Å². The zero-order valence-corrected chi connectivity index (χ0v) is 20.2. The second-order valence-electron chi connectivity index (χ2n) is 7.47. The third kappa shape index (κ3) is 5.34. The molecule has 2 aromatic carbocycles. The van der Waals surface area contributed by atoms with Crippen LogP contribution in [-0.2, 0) is 30.4 Å². The van der Waals surface area contributed by atoms with Crippen LogP contribution < -0.4 is 11.5 Å². The molecule has 0 aromatic heterocycles. The predicted molar refractivity (Wildman–Crippen MR) is 129 cm³/mol. The summed E-state index contributed by atoms with van der Waals surface area (Å²) in [5.41, 5.74) is 10.6. The summed E-state index contributed by atoms with van der Waals surface area (Å²) in [6.45, 7) is 1.44. The summed E-state index contributed by atoms with van der Waals surface area (Å²) in [7, 11) is -14.5. The fourth-order valence-corrected chi connectivity index (χ4v) is 5.41. The third-order valence-corrected chi connectivity index (χ3v) is 7.74. The van der Waals surface area contributed by atoms with Crippen molar-refractivity contribution in [3.8, 4) is 0 Å². The maximum atomic E-state index is 11.9. The van der Waals surface area contributed by atoms with Gasteiger partial charge in [0.05, 0.1) is 17.1 Å². The molecule has 0 atom stereocenters. The van der Waals surface area contributed by atoms with Crippen molar-refractivity contribution in [1.29, 1.82) is 5.41 Å². The Morgan fingerprint density at radius 3 is 1.91 bits per heavy atom. The summed E-state index contributed by atoms with van der Waals surface area (Å²) in [4.78, 5) is -2.12. The van der Waals surface area contributed by atoms with Crippen molar-refractivity contribution in [2.75, 3.05) is 11.5 Å². The molecule has 0 saturated heterocycles. The van der Waals surface area contributed by atoms with Crippen LogP contribution in [0, 0.1) is 12.3 Å². The highest BCUT2D eigenvalue weighted by Crippen LogP contribution is 2.37. The number of nitrogens with two attached hydrogens (primary N) is 2. The van der Waals surface area contributed by atoms with Gasteiger partial charge in [-0.1, -0.05) is 12.1 Å². The lowest BCUT2D eigenvalue weighted by atomic mass is 9.89. The van der Waals surface area contributed by atoms with E-state index in [-0.39, 0.29) is 39.2 Å². The monoisotopic (exact) mass is 541 g/mol. The number of allylic oxidation sites excluding steroid dienone is 5. The summed E-state index contributed by atoms with van der Waals surface area (Å²) in [6, 6.07) is 5.82. The van der Waals surface area contributed by atoms with Crippen molar-refractivity contribution in [1.82, 2.24) is 0 Å². The first-order chi connectivity index (χ1) is 15.9. The number of rotatable bonds is 5. The van der Waals surface area contributed by atoms with Gasteiger partial charge in [0, 0.05) is 0 Å². The number of nitrogen functional groups attached to an aromatic ring is 2. The summed E-state index contributed by atoms with van der Waals surface area (Å²) < 4.78 is 99.7. The fraction of sp³-hybridized carbons (Fsp3) is 0.0500. The SMILES string of the molecule is Cc1cc(C(=C2C=CC(=N)C(S(=O)(=O)O)=C2)c2ccc(N)c(S(=O)(=O)O)c2)cc(S(=O)(=O)O)c1N. The van der Waals surface area contributed by atoms with E-state index in [0.29, 0.717) is 0 Å². The van der Waals surface area contributed by atoms with Gasteiger partial charge in [0.2, 0.25) is 0 Å². The Balaban J connectivity index is 2.52. The Kier molecular flexibility index (Phi) is 6.53. The summed E-state index contributed by atoms with van der Waals surface area (Å²) in [5, 5.41) is 7.79. The van der Waals surface area contributed by atoms with E-state index in [1.807, 2.05) is 0 Å². The van der Waals surface area contributed by atoms with Gasteiger partial charge in [0.1, 0.15) is 14.7 Å². The summed E-state index contributed by atoms with van der Waals surface area (Å²) in [6.07, 6.45) is 3.25. The number of anilines is 2. The zero-order valence-electron chi connectivity index (χ0n) is 17.8. The number of nitrogens with one attached hydrogen (secondary N) is 1. The molecule has 35 heavy (non-hydrogen) atoms. The van der Waals surface area contributed by atoms with Gasteiger partial charge in [0.25, 0.3) is 30.4 Å². The van der Waals surface area contributed by atoms with Crippen LogP contribution in [-0.4, -0.2) is 44.6 Å². The smallest absolute Gasteiger partial charge is 0.296 e. The third-order valence-electron chi connectivity index (χ3n) is 5.04. The molecule has 0 saturated carbocycles. The Morgan fingerprint density at radius 1 is 0.800 bits per heavy atom. The molecule has 0 spiro atoms. The molecule has 12 nitrogen and oxygen atoms in total. The van der Waals surface area contributed by atoms with Crippen molar-refractivity contribution in [3.05, 3.63) is 75.7 Å². The van der Waals surface area contributed by atoms with E-state index in [1.165, 1.54) is 25.1 Å². The number of benzene rings is 2. The predicted octanol–water partition coefficient (Wildman–Crippen LogP) is 1.82. The molecular formula is C20H19N3O9S3. The standard InChI is InChI=1S/C20H19N3O9S3/c1-10-6-13(9-18(20(10)23)35(30,31)32)19(11-2-4-14(21)16(7-11)33(24,25)26)12-3-5-15(22)17(8-12)34(27,28)29/h2-9,21H,22-23H2,1H3,(H,24,25,26)(H,27,28,29)(H,30,31,32). The molecule has 3 rings (SSSR count). The normalized spacial score (nSPS) is 16.2. The lowest BCUT2D eigenvalue weighted by Gasteiger charge is -2.18. The van der Waals surface area contributed by atoms with Gasteiger partial charge in [-0.25, -0.2) is 0 Å². The van der Waals surface area contributed by atoms with Crippen LogP contribution >= 0.6 is 0 Å². The second kappa shape index (κ2) is 8.71. The second-order valence-corrected chi connectivity index (χ2v) is 11.6. The first kappa shape index (κ1) is 26.3. The summed E-state index contributed by atoms with van der Waals surface area (Å²) >= 11 is 0. The fourth-order valence-electron chi connectivity index (χ4n) is 3.43. The first-order valence-electron chi connectivity index (χ1n) is 9.37. The van der Waals surface area contributed by atoms with Gasteiger partial charge < -0.3 is 11.5 Å². The Morgan fingerprint density at radius 2 is 1.37 bits per heavy atom. The van der Waals surface area contributed by atoms with E-state index in [9.17, 15) is 38.9 Å². The molecule has 0 bridgehead atoms. The molecular weight excluding hydrogens is 522 g/mol. The topological polar surface area (TPSA) is 239 Å². The van der Waals surface area contributed by atoms with Gasteiger partial charge in [-0.15, -0.1) is 0 Å². The van der Waals surface area contributed by atoms with Crippen molar-refractivity contribution >= 4 is 53.0 Å². The highest BCUT2D eigenvalue weighted by molar-refractivity contribution is 7.91. The zero-order chi connectivity index (χ0) is 26.5. The minimum absolute atomic E-state index is 0.00476. The van der Waals surface area contributed by atoms with E-state index in [4.69, 9.17) is 16.9 Å². The molecule has 1 aliphatic rings. The first-order valence-corrected chi connectivity index (χ1v) is 13.7. The Bertz CT molecular complexity index is 1700. The van der Waals surface area contributed by atoms with Crippen molar-refractivity contribution in [2.45, 2.75) is 16.7 Å². The van der Waals surface area contributed by atoms with Crippen LogP contribution in [0.3, 0.4) is 0 Å². The van der Waals surface area contributed by atoms with Crippen molar-refractivity contribution in [3.63, 3.8) is 0 Å². The van der Waals surface area contributed by atoms with Gasteiger partial charge in [-0.3, -0.25) is 19.1 Å². The molecule has 1 aliphatic carbocycles. The molecule has 0 amide bonds. The lowest BCUT2D eigenvalue weighted by Crippen LogP contribution is -2.13.